The molecule has 1 saturated heterocycles. The van der Waals surface area contributed by atoms with Crippen molar-refractivity contribution in [2.45, 2.75) is 45.6 Å². The van der Waals surface area contributed by atoms with Crippen molar-refractivity contribution < 1.29 is 9.59 Å². The molecule has 0 aliphatic carbocycles. The molecule has 1 N–H and O–H groups in total. The first-order chi connectivity index (χ1) is 12.6. The second-order valence-corrected chi connectivity index (χ2v) is 6.91. The molecule has 0 saturated carbocycles. The first kappa shape index (κ1) is 18.2. The van der Waals surface area contributed by atoms with Crippen LogP contribution in [0.25, 0.3) is 0 Å². The van der Waals surface area contributed by atoms with E-state index in [-0.39, 0.29) is 11.8 Å². The zero-order valence-electron chi connectivity index (χ0n) is 15.5. The van der Waals surface area contributed by atoms with Gasteiger partial charge in [-0.1, -0.05) is 31.2 Å². The lowest BCUT2D eigenvalue weighted by molar-refractivity contribution is 0.0608. The predicted molar refractivity (Wildman–Crippen MR) is 105 cm³/mol. The summed E-state index contributed by atoms with van der Waals surface area (Å²) < 4.78 is 0. The number of rotatable bonds is 4. The molecular formula is C22H26N2O2. The Bertz CT molecular complexity index is 800. The van der Waals surface area contributed by atoms with Gasteiger partial charge in [0.1, 0.15) is 0 Å². The van der Waals surface area contributed by atoms with E-state index in [1.807, 2.05) is 36.1 Å². The fourth-order valence-electron chi connectivity index (χ4n) is 3.56. The third-order valence-corrected chi connectivity index (χ3v) is 5.12. The highest BCUT2D eigenvalue weighted by atomic mass is 16.2. The minimum Gasteiger partial charge on any atom is -0.336 e. The number of piperidine rings is 1. The molecule has 1 atom stereocenters. The largest absolute Gasteiger partial charge is 0.336 e. The van der Waals surface area contributed by atoms with Gasteiger partial charge in [-0.05, 0) is 62.4 Å². The number of hydrogen-bond acceptors (Lipinski definition) is 2. The molecule has 0 spiro atoms. The molecule has 2 amide bonds. The van der Waals surface area contributed by atoms with Gasteiger partial charge >= 0.3 is 0 Å². The summed E-state index contributed by atoms with van der Waals surface area (Å²) >= 11 is 0. The number of anilines is 1. The van der Waals surface area contributed by atoms with Crippen molar-refractivity contribution in [2.75, 3.05) is 11.9 Å². The van der Waals surface area contributed by atoms with Crippen LogP contribution in [0, 0.1) is 6.92 Å². The van der Waals surface area contributed by atoms with Crippen LogP contribution in [0.3, 0.4) is 0 Å². The Morgan fingerprint density at radius 1 is 1.08 bits per heavy atom. The minimum absolute atomic E-state index is 0.0297. The standard InChI is InChI=1S/C22H26N2O2/c1-3-19-12-6-7-14-24(19)22(26)18-11-8-10-17(15-18)21(25)23-20-13-5-4-9-16(20)2/h4-5,8-11,13,15,19H,3,6-7,12,14H2,1-2H3,(H,23,25). The van der Waals surface area contributed by atoms with Gasteiger partial charge in [-0.2, -0.15) is 0 Å². The zero-order chi connectivity index (χ0) is 18.5. The summed E-state index contributed by atoms with van der Waals surface area (Å²) in [5, 5.41) is 2.93. The van der Waals surface area contributed by atoms with Crippen LogP contribution in [-0.2, 0) is 0 Å². The molecule has 1 fully saturated rings. The van der Waals surface area contributed by atoms with E-state index < -0.39 is 0 Å². The maximum Gasteiger partial charge on any atom is 0.255 e. The molecule has 0 radical (unpaired) electrons. The van der Waals surface area contributed by atoms with E-state index in [1.165, 1.54) is 6.42 Å². The van der Waals surface area contributed by atoms with Crippen LogP contribution in [0.4, 0.5) is 5.69 Å². The lowest BCUT2D eigenvalue weighted by atomic mass is 9.98. The Labute approximate surface area is 155 Å². The van der Waals surface area contributed by atoms with E-state index in [1.54, 1.807) is 24.3 Å². The van der Waals surface area contributed by atoms with E-state index in [9.17, 15) is 9.59 Å². The highest BCUT2D eigenvalue weighted by Gasteiger charge is 2.26. The van der Waals surface area contributed by atoms with Crippen molar-refractivity contribution in [3.8, 4) is 0 Å². The van der Waals surface area contributed by atoms with Gasteiger partial charge in [0.2, 0.25) is 0 Å². The summed E-state index contributed by atoms with van der Waals surface area (Å²) in [6.45, 7) is 4.89. The van der Waals surface area contributed by atoms with Crippen LogP contribution in [-0.4, -0.2) is 29.3 Å². The maximum atomic E-state index is 13.0. The molecule has 26 heavy (non-hydrogen) atoms. The fraction of sp³-hybridized carbons (Fsp3) is 0.364. The first-order valence-electron chi connectivity index (χ1n) is 9.38. The molecule has 3 rings (SSSR count). The number of hydrogen-bond donors (Lipinski definition) is 1. The number of nitrogens with one attached hydrogen (secondary N) is 1. The molecule has 2 aromatic carbocycles. The summed E-state index contributed by atoms with van der Waals surface area (Å²) in [4.78, 5) is 27.5. The van der Waals surface area contributed by atoms with E-state index in [4.69, 9.17) is 0 Å². The molecule has 4 nitrogen and oxygen atoms in total. The van der Waals surface area contributed by atoms with E-state index >= 15 is 0 Å². The summed E-state index contributed by atoms with van der Waals surface area (Å²) in [5.41, 5.74) is 2.88. The molecule has 1 heterocycles. The van der Waals surface area contributed by atoms with Crippen molar-refractivity contribution in [3.05, 3.63) is 65.2 Å². The molecule has 1 unspecified atom stereocenters. The lowest BCUT2D eigenvalue weighted by Crippen LogP contribution is -2.43. The molecule has 0 aromatic heterocycles. The van der Waals surface area contributed by atoms with Crippen LogP contribution in [0.1, 0.15) is 58.9 Å². The van der Waals surface area contributed by atoms with Gasteiger partial charge in [0.15, 0.2) is 0 Å². The fourth-order valence-corrected chi connectivity index (χ4v) is 3.56. The van der Waals surface area contributed by atoms with Crippen LogP contribution < -0.4 is 5.32 Å². The van der Waals surface area contributed by atoms with Gasteiger partial charge in [0, 0.05) is 29.4 Å². The third-order valence-electron chi connectivity index (χ3n) is 5.12. The van der Waals surface area contributed by atoms with Gasteiger partial charge < -0.3 is 10.2 Å². The molecule has 0 bridgehead atoms. The molecule has 136 valence electrons. The molecular weight excluding hydrogens is 324 g/mol. The molecule has 2 aromatic rings. The number of benzene rings is 2. The van der Waals surface area contributed by atoms with Crippen LogP contribution >= 0.6 is 0 Å². The quantitative estimate of drug-likeness (QED) is 0.872. The van der Waals surface area contributed by atoms with Gasteiger partial charge in [0.25, 0.3) is 11.8 Å². The number of carbonyl (C=O) groups excluding carboxylic acids is 2. The Hall–Kier alpha value is -2.62. The van der Waals surface area contributed by atoms with Crippen LogP contribution in [0.5, 0.6) is 0 Å². The smallest absolute Gasteiger partial charge is 0.255 e. The van der Waals surface area contributed by atoms with Gasteiger partial charge in [-0.15, -0.1) is 0 Å². The summed E-state index contributed by atoms with van der Waals surface area (Å²) in [6.07, 6.45) is 4.27. The minimum atomic E-state index is -0.195. The normalized spacial score (nSPS) is 17.0. The van der Waals surface area contributed by atoms with Crippen molar-refractivity contribution in [3.63, 3.8) is 0 Å². The number of amides is 2. The van der Waals surface area contributed by atoms with Crippen molar-refractivity contribution in [1.82, 2.24) is 4.90 Å². The predicted octanol–water partition coefficient (Wildman–Crippen LogP) is 4.65. The van der Waals surface area contributed by atoms with Crippen molar-refractivity contribution in [1.29, 1.82) is 0 Å². The van der Waals surface area contributed by atoms with E-state index in [2.05, 4.69) is 12.2 Å². The monoisotopic (exact) mass is 350 g/mol. The number of nitrogens with zero attached hydrogens (tertiary/aromatic N) is 1. The number of para-hydroxylation sites is 1. The van der Waals surface area contributed by atoms with Crippen LogP contribution in [0.15, 0.2) is 48.5 Å². The Morgan fingerprint density at radius 2 is 1.85 bits per heavy atom. The summed E-state index contributed by atoms with van der Waals surface area (Å²) in [5.74, 6) is -0.165. The zero-order valence-corrected chi connectivity index (χ0v) is 15.5. The number of aryl methyl sites for hydroxylation is 1. The molecule has 1 aliphatic rings. The van der Waals surface area contributed by atoms with Crippen LogP contribution in [0.2, 0.25) is 0 Å². The molecule has 4 heteroatoms. The second-order valence-electron chi connectivity index (χ2n) is 6.91. The molecule has 1 aliphatic heterocycles. The van der Waals surface area contributed by atoms with Gasteiger partial charge in [-0.25, -0.2) is 0 Å². The summed E-state index contributed by atoms with van der Waals surface area (Å²) in [7, 11) is 0. The van der Waals surface area contributed by atoms with Gasteiger partial charge in [-0.3, -0.25) is 9.59 Å². The van der Waals surface area contributed by atoms with E-state index in [0.717, 1.165) is 37.1 Å². The highest BCUT2D eigenvalue weighted by molar-refractivity contribution is 6.06. The van der Waals surface area contributed by atoms with E-state index in [0.29, 0.717) is 17.2 Å². The Balaban J connectivity index is 1.78. The summed E-state index contributed by atoms with van der Waals surface area (Å²) in [6, 6.07) is 15.0. The second kappa shape index (κ2) is 8.17. The van der Waals surface area contributed by atoms with Crippen molar-refractivity contribution >= 4 is 17.5 Å². The number of carbonyl (C=O) groups is 2. The van der Waals surface area contributed by atoms with Crippen molar-refractivity contribution in [2.24, 2.45) is 0 Å². The average Bonchev–Trinajstić information content (AvgIpc) is 2.69. The first-order valence-corrected chi connectivity index (χ1v) is 9.38. The Morgan fingerprint density at radius 3 is 2.62 bits per heavy atom. The van der Waals surface area contributed by atoms with Gasteiger partial charge in [0.05, 0.1) is 0 Å². The topological polar surface area (TPSA) is 49.4 Å². The lowest BCUT2D eigenvalue weighted by Gasteiger charge is -2.35. The highest BCUT2D eigenvalue weighted by Crippen LogP contribution is 2.22. The SMILES string of the molecule is CCC1CCCCN1C(=O)c1cccc(C(=O)Nc2ccccc2C)c1. The Kier molecular flexibility index (Phi) is 5.71. The number of likely N-dealkylation sites (tertiary alicyclic amines) is 1. The average molecular weight is 350 g/mol. The third kappa shape index (κ3) is 3.96. The maximum absolute atomic E-state index is 13.0.